The number of hydrogen-bond acceptors (Lipinski definition) is 2. The van der Waals surface area contributed by atoms with Crippen molar-refractivity contribution in [2.24, 2.45) is 11.8 Å². The average molecular weight is 591 g/mol. The highest BCUT2D eigenvalue weighted by atomic mass is 16.5. The molecule has 43 heavy (non-hydrogen) atoms. The highest BCUT2D eigenvalue weighted by molar-refractivity contribution is 5.30. The summed E-state index contributed by atoms with van der Waals surface area (Å²) >= 11 is 0. The topological polar surface area (TPSA) is 18.5 Å². The predicted octanol–water partition coefficient (Wildman–Crippen LogP) is 13.0. The van der Waals surface area contributed by atoms with Gasteiger partial charge in [0.1, 0.15) is 11.5 Å². The Morgan fingerprint density at radius 3 is 1.19 bits per heavy atom. The third-order valence-electron chi connectivity index (χ3n) is 10.1. The molecule has 2 fully saturated rings. The third-order valence-corrected chi connectivity index (χ3v) is 10.1. The summed E-state index contributed by atoms with van der Waals surface area (Å²) in [5.41, 5.74) is 3.04. The minimum absolute atomic E-state index is 0.784. The van der Waals surface area contributed by atoms with Crippen molar-refractivity contribution in [2.45, 2.75) is 162 Å². The van der Waals surface area contributed by atoms with Crippen LogP contribution in [-0.2, 0) is 0 Å². The zero-order valence-electron chi connectivity index (χ0n) is 28.6. The van der Waals surface area contributed by atoms with Gasteiger partial charge in [-0.3, -0.25) is 0 Å². The Hall–Kier alpha value is -1.96. The summed E-state index contributed by atoms with van der Waals surface area (Å²) < 4.78 is 11.5. The molecule has 2 aromatic rings. The molecule has 0 N–H and O–H groups in total. The van der Waals surface area contributed by atoms with Crippen molar-refractivity contribution in [3.05, 3.63) is 59.7 Å². The van der Waals surface area contributed by atoms with Crippen molar-refractivity contribution in [3.8, 4) is 11.5 Å². The zero-order valence-corrected chi connectivity index (χ0v) is 28.6. The fourth-order valence-corrected chi connectivity index (χ4v) is 7.09. The lowest BCUT2D eigenvalue weighted by Crippen LogP contribution is -2.13. The van der Waals surface area contributed by atoms with Gasteiger partial charge in [0.05, 0.1) is 13.2 Å². The molecule has 2 saturated carbocycles. The number of unbranched alkanes of at least 4 members (excludes halogenated alkanes) is 5. The molecule has 0 atom stereocenters. The monoisotopic (exact) mass is 591 g/mol. The van der Waals surface area contributed by atoms with E-state index in [1.165, 1.54) is 120 Å². The van der Waals surface area contributed by atoms with E-state index in [9.17, 15) is 0 Å². The smallest absolute Gasteiger partial charge is 0.119 e. The van der Waals surface area contributed by atoms with Gasteiger partial charge in [-0.15, -0.1) is 0 Å². The normalized spacial score (nSPS) is 22.0. The van der Waals surface area contributed by atoms with E-state index in [1.807, 2.05) is 0 Å². The number of benzene rings is 2. The molecular weight excluding hydrogens is 524 g/mol. The second kappa shape index (κ2) is 21.7. The minimum Gasteiger partial charge on any atom is -0.494 e. The Kier molecular flexibility index (Phi) is 17.9. The van der Waals surface area contributed by atoms with E-state index in [0.717, 1.165) is 61.2 Å². The van der Waals surface area contributed by atoms with Crippen LogP contribution in [0.25, 0.3) is 0 Å². The first-order valence-electron chi connectivity index (χ1n) is 18.6. The van der Waals surface area contributed by atoms with Gasteiger partial charge < -0.3 is 9.47 Å². The summed E-state index contributed by atoms with van der Waals surface area (Å²) in [6, 6.07) is 17.8. The lowest BCUT2D eigenvalue weighted by atomic mass is 9.77. The SMILES string of the molecule is CCCCCC1CCC(c2ccc(OCCCC)cc2)CC1.CCCCOc1ccc(C2CCC(CCCC)CC2)cc1. The number of hydrogen-bond donors (Lipinski definition) is 0. The quantitative estimate of drug-likeness (QED) is 0.171. The molecule has 2 aromatic carbocycles. The maximum absolute atomic E-state index is 5.76. The van der Waals surface area contributed by atoms with Crippen LogP contribution >= 0.6 is 0 Å². The van der Waals surface area contributed by atoms with E-state index in [2.05, 4.69) is 76.2 Å². The van der Waals surface area contributed by atoms with Gasteiger partial charge in [-0.1, -0.05) is 110 Å². The van der Waals surface area contributed by atoms with Crippen LogP contribution in [-0.4, -0.2) is 13.2 Å². The average Bonchev–Trinajstić information content (AvgIpc) is 3.06. The minimum atomic E-state index is 0.784. The third kappa shape index (κ3) is 13.7. The Labute approximate surface area is 266 Å². The second-order valence-corrected chi connectivity index (χ2v) is 13.6. The van der Waals surface area contributed by atoms with E-state index in [1.54, 1.807) is 0 Å². The van der Waals surface area contributed by atoms with Gasteiger partial charge in [0.15, 0.2) is 0 Å². The first-order chi connectivity index (χ1) is 21.2. The molecule has 0 amide bonds. The van der Waals surface area contributed by atoms with Crippen LogP contribution in [0.2, 0.25) is 0 Å². The van der Waals surface area contributed by atoms with E-state index in [0.29, 0.717) is 0 Å². The molecule has 2 heteroatoms. The summed E-state index contributed by atoms with van der Waals surface area (Å²) in [6.07, 6.45) is 25.8. The molecule has 2 aliphatic rings. The molecule has 0 unspecified atom stereocenters. The lowest BCUT2D eigenvalue weighted by Gasteiger charge is -2.29. The standard InChI is InChI=1S/C21H34O.C20H32O/c1-3-5-7-8-18-9-11-19(12-10-18)20-13-15-21(16-14-20)22-17-6-4-2;1-3-5-7-17-8-10-18(11-9-17)19-12-14-20(15-13-19)21-16-6-4-2/h13-16,18-19H,3-12,17H2,1-2H3;12-15,17-18H,3-11,16H2,1-2H3. The molecule has 0 saturated heterocycles. The largest absolute Gasteiger partial charge is 0.494 e. The van der Waals surface area contributed by atoms with Crippen LogP contribution in [0.5, 0.6) is 11.5 Å². The van der Waals surface area contributed by atoms with Crippen LogP contribution in [0.4, 0.5) is 0 Å². The fraction of sp³-hybridized carbons (Fsp3) is 0.707. The maximum Gasteiger partial charge on any atom is 0.119 e. The van der Waals surface area contributed by atoms with Crippen LogP contribution in [0.1, 0.15) is 173 Å². The molecule has 242 valence electrons. The molecule has 0 heterocycles. The highest BCUT2D eigenvalue weighted by Gasteiger charge is 2.23. The van der Waals surface area contributed by atoms with Crippen LogP contribution in [0.15, 0.2) is 48.5 Å². The van der Waals surface area contributed by atoms with Crippen molar-refractivity contribution < 1.29 is 9.47 Å². The molecule has 2 nitrogen and oxygen atoms in total. The van der Waals surface area contributed by atoms with Gasteiger partial charge in [0, 0.05) is 0 Å². The Bertz CT molecular complexity index is 917. The van der Waals surface area contributed by atoms with E-state index < -0.39 is 0 Å². The predicted molar refractivity (Wildman–Crippen MR) is 187 cm³/mol. The lowest BCUT2D eigenvalue weighted by molar-refractivity contribution is 0.301. The molecule has 0 aliphatic heterocycles. The van der Waals surface area contributed by atoms with Crippen LogP contribution in [0, 0.1) is 11.8 Å². The van der Waals surface area contributed by atoms with Crippen molar-refractivity contribution in [1.29, 1.82) is 0 Å². The number of ether oxygens (including phenoxy) is 2. The van der Waals surface area contributed by atoms with E-state index in [-0.39, 0.29) is 0 Å². The summed E-state index contributed by atoms with van der Waals surface area (Å²) in [6.45, 7) is 10.7. The summed E-state index contributed by atoms with van der Waals surface area (Å²) in [5.74, 6) is 5.63. The molecule has 0 bridgehead atoms. The van der Waals surface area contributed by atoms with Gasteiger partial charge in [-0.25, -0.2) is 0 Å². The summed E-state index contributed by atoms with van der Waals surface area (Å²) in [4.78, 5) is 0. The van der Waals surface area contributed by atoms with Crippen molar-refractivity contribution in [3.63, 3.8) is 0 Å². The number of rotatable bonds is 17. The first-order valence-corrected chi connectivity index (χ1v) is 18.6. The second-order valence-electron chi connectivity index (χ2n) is 13.6. The van der Waals surface area contributed by atoms with Crippen LogP contribution < -0.4 is 9.47 Å². The van der Waals surface area contributed by atoms with Gasteiger partial charge in [0.25, 0.3) is 0 Å². The Balaban J connectivity index is 0.000000236. The fourth-order valence-electron chi connectivity index (χ4n) is 7.09. The maximum atomic E-state index is 5.76. The Morgan fingerprint density at radius 2 is 0.814 bits per heavy atom. The molecule has 0 aromatic heterocycles. The molecular formula is C41H66O2. The van der Waals surface area contributed by atoms with Gasteiger partial charge in [0.2, 0.25) is 0 Å². The molecule has 0 spiro atoms. The molecule has 2 aliphatic carbocycles. The summed E-state index contributed by atoms with van der Waals surface area (Å²) in [7, 11) is 0. The zero-order chi connectivity index (χ0) is 30.5. The van der Waals surface area contributed by atoms with Gasteiger partial charge in [-0.2, -0.15) is 0 Å². The van der Waals surface area contributed by atoms with Gasteiger partial charge in [-0.05, 0) is 123 Å². The molecule has 4 rings (SSSR count). The van der Waals surface area contributed by atoms with E-state index in [4.69, 9.17) is 9.47 Å². The van der Waals surface area contributed by atoms with Crippen molar-refractivity contribution in [1.82, 2.24) is 0 Å². The first kappa shape index (κ1) is 35.5. The van der Waals surface area contributed by atoms with Gasteiger partial charge >= 0.3 is 0 Å². The molecule has 0 radical (unpaired) electrons. The van der Waals surface area contributed by atoms with Crippen molar-refractivity contribution in [2.75, 3.05) is 13.2 Å². The Morgan fingerprint density at radius 1 is 0.442 bits per heavy atom. The van der Waals surface area contributed by atoms with E-state index >= 15 is 0 Å². The van der Waals surface area contributed by atoms with Crippen LogP contribution in [0.3, 0.4) is 0 Å². The van der Waals surface area contributed by atoms with Crippen molar-refractivity contribution >= 4 is 0 Å². The summed E-state index contributed by atoms with van der Waals surface area (Å²) in [5, 5.41) is 0. The highest BCUT2D eigenvalue weighted by Crippen LogP contribution is 2.39.